The maximum Gasteiger partial charge on any atom is 0.163 e. The van der Waals surface area contributed by atoms with Crippen molar-refractivity contribution < 1.29 is 4.58 Å². The Morgan fingerprint density at radius 2 is 2.29 bits per heavy atom. The van der Waals surface area contributed by atoms with Crippen LogP contribution >= 0.6 is 0 Å². The zero-order valence-corrected chi connectivity index (χ0v) is 5.02. The summed E-state index contributed by atoms with van der Waals surface area (Å²) in [6.45, 7) is 5.72. The van der Waals surface area contributed by atoms with Crippen LogP contribution in [0.25, 0.3) is 0 Å². The van der Waals surface area contributed by atoms with Crippen LogP contribution in [0.2, 0.25) is 0 Å². The molecule has 7 heavy (non-hydrogen) atoms. The molecule has 0 aromatic rings. The van der Waals surface area contributed by atoms with Crippen LogP contribution in [-0.4, -0.2) is 18.3 Å². The third-order valence-corrected chi connectivity index (χ3v) is 0.596. The molecule has 0 unspecified atom stereocenters. The maximum atomic E-state index is 3.62. The number of nitrogens with zero attached hydrogens (tertiary/aromatic N) is 1. The van der Waals surface area contributed by atoms with E-state index in [0.29, 0.717) is 0 Å². The van der Waals surface area contributed by atoms with Gasteiger partial charge in [0.2, 0.25) is 0 Å². The van der Waals surface area contributed by atoms with E-state index in [2.05, 4.69) is 19.7 Å². The summed E-state index contributed by atoms with van der Waals surface area (Å²) in [5, 5.41) is 0. The van der Waals surface area contributed by atoms with Gasteiger partial charge >= 0.3 is 0 Å². The Morgan fingerprint density at radius 1 is 1.71 bits per heavy atom. The average Bonchev–Trinajstić information content (AvgIpc) is 1.61. The molecule has 1 nitrogen and oxygen atoms in total. The number of allylic oxidation sites excluding steroid dienone is 1. The highest BCUT2D eigenvalue weighted by molar-refractivity contribution is 5.15. The molecule has 0 bridgehead atoms. The summed E-state index contributed by atoms with van der Waals surface area (Å²) in [5.41, 5.74) is 0. The fourth-order valence-corrected chi connectivity index (χ4v) is 0.285. The van der Waals surface area contributed by atoms with Crippen molar-refractivity contribution >= 4 is 6.72 Å². The van der Waals surface area contributed by atoms with Crippen LogP contribution in [-0.2, 0) is 0 Å². The van der Waals surface area contributed by atoms with Gasteiger partial charge in [-0.05, 0) is 12.5 Å². The average molecular weight is 98.2 g/mol. The second-order valence-corrected chi connectivity index (χ2v) is 1.55. The minimum atomic E-state index is 1.08. The summed E-state index contributed by atoms with van der Waals surface area (Å²) in [5.74, 6) is 0. The van der Waals surface area contributed by atoms with Crippen LogP contribution in [0.1, 0.15) is 13.3 Å². The zero-order chi connectivity index (χ0) is 5.70. The highest BCUT2D eigenvalue weighted by Gasteiger charge is 1.73. The quantitative estimate of drug-likeness (QED) is 0.361. The van der Waals surface area contributed by atoms with E-state index >= 15 is 0 Å². The van der Waals surface area contributed by atoms with Crippen molar-refractivity contribution in [3.8, 4) is 0 Å². The van der Waals surface area contributed by atoms with Crippen LogP contribution in [0, 0.1) is 0 Å². The lowest BCUT2D eigenvalue weighted by atomic mass is 10.5. The lowest BCUT2D eigenvalue weighted by molar-refractivity contribution is -0.412. The molecule has 1 heteroatoms. The van der Waals surface area contributed by atoms with Crippen molar-refractivity contribution in [1.82, 2.24) is 0 Å². The summed E-state index contributed by atoms with van der Waals surface area (Å²) >= 11 is 0. The van der Waals surface area contributed by atoms with E-state index in [1.165, 1.54) is 0 Å². The SMILES string of the molecule is C=[N+](C)C=CCC. The normalized spacial score (nSPS) is 10.0. The van der Waals surface area contributed by atoms with E-state index in [9.17, 15) is 0 Å². The van der Waals surface area contributed by atoms with Crippen molar-refractivity contribution in [3.05, 3.63) is 12.3 Å². The molecule has 0 aromatic carbocycles. The monoisotopic (exact) mass is 98.1 g/mol. The molecule has 0 aliphatic heterocycles. The Bertz CT molecular complexity index is 82.2. The summed E-state index contributed by atoms with van der Waals surface area (Å²) in [6.07, 6.45) is 5.09. The summed E-state index contributed by atoms with van der Waals surface area (Å²) in [4.78, 5) is 0. The van der Waals surface area contributed by atoms with Gasteiger partial charge < -0.3 is 0 Å². The fourth-order valence-electron chi connectivity index (χ4n) is 0.285. The molecule has 0 amide bonds. The van der Waals surface area contributed by atoms with E-state index in [0.717, 1.165) is 6.42 Å². The molecule has 0 aliphatic rings. The molecule has 0 saturated carbocycles. The molecule has 0 spiro atoms. The Kier molecular flexibility index (Phi) is 3.29. The molecule has 0 aromatic heterocycles. The summed E-state index contributed by atoms with van der Waals surface area (Å²) < 4.78 is 1.78. The minimum absolute atomic E-state index is 1.08. The fraction of sp³-hybridized carbons (Fsp3) is 0.500. The molecule has 0 radical (unpaired) electrons. The second kappa shape index (κ2) is 3.59. The molecule has 0 aliphatic carbocycles. The van der Waals surface area contributed by atoms with E-state index in [1.54, 1.807) is 4.58 Å². The van der Waals surface area contributed by atoms with E-state index in [1.807, 2.05) is 13.2 Å². The smallest absolute Gasteiger partial charge is 0.163 e. The second-order valence-electron chi connectivity index (χ2n) is 1.55. The molecule has 0 fully saturated rings. The molecule has 0 rings (SSSR count). The van der Waals surface area contributed by atoms with Gasteiger partial charge in [-0.2, -0.15) is 0 Å². The molecular weight excluding hydrogens is 86.1 g/mol. The van der Waals surface area contributed by atoms with Gasteiger partial charge in [0.25, 0.3) is 0 Å². The van der Waals surface area contributed by atoms with E-state index in [4.69, 9.17) is 0 Å². The number of hydrogen-bond acceptors (Lipinski definition) is 0. The third-order valence-electron chi connectivity index (χ3n) is 0.596. The Balaban J connectivity index is 3.26. The largest absolute Gasteiger partial charge is 0.215 e. The maximum absolute atomic E-state index is 3.62. The Labute approximate surface area is 45.0 Å². The van der Waals surface area contributed by atoms with Crippen LogP contribution in [0.5, 0.6) is 0 Å². The Hall–Kier alpha value is -0.590. The molecule has 0 saturated heterocycles. The summed E-state index contributed by atoms with van der Waals surface area (Å²) in [6, 6.07) is 0. The molecule has 0 heterocycles. The number of hydrogen-bond donors (Lipinski definition) is 0. The predicted octanol–water partition coefficient (Wildman–Crippen LogP) is 1.25. The first-order valence-corrected chi connectivity index (χ1v) is 2.47. The first-order valence-electron chi connectivity index (χ1n) is 2.47. The van der Waals surface area contributed by atoms with Crippen molar-refractivity contribution in [3.63, 3.8) is 0 Å². The molecule has 0 N–H and O–H groups in total. The summed E-state index contributed by atoms with van der Waals surface area (Å²) in [7, 11) is 1.91. The Morgan fingerprint density at radius 3 is 2.43 bits per heavy atom. The van der Waals surface area contributed by atoms with Gasteiger partial charge in [-0.15, -0.1) is 0 Å². The van der Waals surface area contributed by atoms with Crippen LogP contribution in [0.4, 0.5) is 0 Å². The van der Waals surface area contributed by atoms with Gasteiger partial charge in [0.05, 0.1) is 0 Å². The molecule has 40 valence electrons. The predicted molar refractivity (Wildman–Crippen MR) is 32.7 cm³/mol. The third kappa shape index (κ3) is 5.41. The van der Waals surface area contributed by atoms with Crippen molar-refractivity contribution in [2.24, 2.45) is 0 Å². The molecular formula is C6H12N+. The highest BCUT2D eigenvalue weighted by atomic mass is 14.9. The lowest BCUT2D eigenvalue weighted by Crippen LogP contribution is -1.86. The van der Waals surface area contributed by atoms with Gasteiger partial charge in [0, 0.05) is 0 Å². The topological polar surface area (TPSA) is 3.01 Å². The minimum Gasteiger partial charge on any atom is -0.215 e. The van der Waals surface area contributed by atoms with Crippen LogP contribution in [0.3, 0.4) is 0 Å². The van der Waals surface area contributed by atoms with Crippen molar-refractivity contribution in [2.45, 2.75) is 13.3 Å². The van der Waals surface area contributed by atoms with Gasteiger partial charge in [-0.1, -0.05) is 6.92 Å². The van der Waals surface area contributed by atoms with Gasteiger partial charge in [-0.25, -0.2) is 4.58 Å². The van der Waals surface area contributed by atoms with Crippen LogP contribution < -0.4 is 0 Å². The van der Waals surface area contributed by atoms with Crippen LogP contribution in [0.15, 0.2) is 12.3 Å². The first kappa shape index (κ1) is 6.41. The highest BCUT2D eigenvalue weighted by Crippen LogP contribution is 1.76. The zero-order valence-electron chi connectivity index (χ0n) is 5.02. The van der Waals surface area contributed by atoms with Crippen molar-refractivity contribution in [2.75, 3.05) is 7.05 Å². The molecule has 0 atom stereocenters. The number of rotatable bonds is 2. The van der Waals surface area contributed by atoms with Gasteiger partial charge in [-0.3, -0.25) is 0 Å². The standard InChI is InChI=1S/C6H12N/c1-4-5-6-7(2)3/h5-6H,2,4H2,1,3H3/q+1. The lowest BCUT2D eigenvalue weighted by Gasteiger charge is -1.76. The van der Waals surface area contributed by atoms with Crippen molar-refractivity contribution in [1.29, 1.82) is 0 Å². The first-order chi connectivity index (χ1) is 3.27. The van der Waals surface area contributed by atoms with Gasteiger partial charge in [0.15, 0.2) is 6.20 Å². The van der Waals surface area contributed by atoms with E-state index < -0.39 is 0 Å². The van der Waals surface area contributed by atoms with E-state index in [-0.39, 0.29) is 0 Å². The van der Waals surface area contributed by atoms with Gasteiger partial charge in [0.1, 0.15) is 13.8 Å².